The maximum absolute atomic E-state index is 12.3. The summed E-state index contributed by atoms with van der Waals surface area (Å²) in [5.74, 6) is -0.843. The average molecular weight is 463 g/mol. The Hall–Kier alpha value is -3.24. The van der Waals surface area contributed by atoms with Gasteiger partial charge in [-0.15, -0.1) is 0 Å². The van der Waals surface area contributed by atoms with Crippen LogP contribution in [-0.4, -0.2) is 52.4 Å². The van der Waals surface area contributed by atoms with Gasteiger partial charge in [-0.25, -0.2) is 8.42 Å². The number of benzene rings is 2. The third-order valence-corrected chi connectivity index (χ3v) is 5.94. The fourth-order valence-corrected chi connectivity index (χ4v) is 3.63. The lowest BCUT2D eigenvalue weighted by molar-refractivity contribution is -0.153. The molecule has 10 heteroatoms. The van der Waals surface area contributed by atoms with Crippen molar-refractivity contribution in [3.8, 4) is 5.75 Å². The molecule has 0 aromatic heterocycles. The van der Waals surface area contributed by atoms with Crippen molar-refractivity contribution in [2.75, 3.05) is 20.2 Å². The molecule has 2 aromatic rings. The fraction of sp³-hybridized carbons (Fsp3) is 0.318. The number of hydrogen-bond acceptors (Lipinski definition) is 7. The van der Waals surface area contributed by atoms with Gasteiger partial charge in [-0.3, -0.25) is 14.4 Å². The molecule has 1 atom stereocenters. The largest absolute Gasteiger partial charge is 0.497 e. The van der Waals surface area contributed by atoms with Crippen LogP contribution in [0.1, 0.15) is 29.8 Å². The van der Waals surface area contributed by atoms with E-state index in [-0.39, 0.29) is 10.7 Å². The summed E-state index contributed by atoms with van der Waals surface area (Å²) in [6, 6.07) is 12.7. The van der Waals surface area contributed by atoms with Crippen LogP contribution in [0.5, 0.6) is 5.75 Å². The van der Waals surface area contributed by atoms with Crippen LogP contribution in [0, 0.1) is 0 Å². The molecule has 0 saturated heterocycles. The first-order valence-electron chi connectivity index (χ1n) is 9.83. The highest BCUT2D eigenvalue weighted by molar-refractivity contribution is 7.89. The van der Waals surface area contributed by atoms with E-state index in [1.165, 1.54) is 38.1 Å². The Balaban J connectivity index is 1.77. The second-order valence-corrected chi connectivity index (χ2v) is 8.69. The number of Topliss-reactive ketones (excluding diaryl/α,β-unsaturated/α-hetero) is 1. The number of nitrogens with one attached hydrogen (secondary N) is 2. The molecule has 0 bridgehead atoms. The number of hydrogen-bond donors (Lipinski definition) is 2. The third kappa shape index (κ3) is 7.47. The van der Waals surface area contributed by atoms with Gasteiger partial charge >= 0.3 is 5.97 Å². The molecule has 2 N–H and O–H groups in total. The number of ether oxygens (including phenoxy) is 2. The van der Waals surface area contributed by atoms with Crippen molar-refractivity contribution in [2.45, 2.75) is 31.3 Å². The zero-order chi connectivity index (χ0) is 23.7. The Morgan fingerprint density at radius 1 is 1.00 bits per heavy atom. The van der Waals surface area contributed by atoms with Crippen LogP contribution in [0.4, 0.5) is 0 Å². The van der Waals surface area contributed by atoms with E-state index in [2.05, 4.69) is 10.0 Å². The van der Waals surface area contributed by atoms with E-state index in [1.54, 1.807) is 7.11 Å². The lowest BCUT2D eigenvalue weighted by Crippen LogP contribution is -2.39. The lowest BCUT2D eigenvalue weighted by atomic mass is 10.1. The smallest absolute Gasteiger partial charge is 0.321 e. The van der Waals surface area contributed by atoms with Gasteiger partial charge in [0.1, 0.15) is 12.3 Å². The van der Waals surface area contributed by atoms with E-state index in [4.69, 9.17) is 9.47 Å². The van der Waals surface area contributed by atoms with Crippen molar-refractivity contribution >= 4 is 27.7 Å². The number of amides is 1. The quantitative estimate of drug-likeness (QED) is 0.382. The fourth-order valence-electron chi connectivity index (χ4n) is 2.66. The van der Waals surface area contributed by atoms with Crippen molar-refractivity contribution in [2.24, 2.45) is 0 Å². The van der Waals surface area contributed by atoms with Crippen LogP contribution in [0.2, 0.25) is 0 Å². The molecule has 0 fully saturated rings. The monoisotopic (exact) mass is 462 g/mol. The van der Waals surface area contributed by atoms with Crippen LogP contribution in [0.3, 0.4) is 0 Å². The minimum Gasteiger partial charge on any atom is -0.497 e. The van der Waals surface area contributed by atoms with Crippen LogP contribution in [-0.2, 0) is 30.8 Å². The molecule has 9 nitrogen and oxygen atoms in total. The molecule has 32 heavy (non-hydrogen) atoms. The zero-order valence-corrected chi connectivity index (χ0v) is 18.9. The Bertz CT molecular complexity index is 1050. The van der Waals surface area contributed by atoms with E-state index < -0.39 is 34.5 Å². The lowest BCUT2D eigenvalue weighted by Gasteiger charge is -2.14. The first kappa shape index (κ1) is 25.0. The SMILES string of the molecule is COc1ccc(CCNC(=O)C(C)OC(=O)CNS(=O)(=O)c2ccc(C(C)=O)cc2)cc1. The molecule has 0 aliphatic carbocycles. The highest BCUT2D eigenvalue weighted by Crippen LogP contribution is 2.12. The Labute approximate surface area is 187 Å². The molecule has 1 amide bonds. The number of ketones is 1. The number of esters is 1. The summed E-state index contributed by atoms with van der Waals surface area (Å²) in [6.45, 7) is 2.47. The molecule has 2 rings (SSSR count). The molecule has 0 radical (unpaired) electrons. The van der Waals surface area contributed by atoms with Gasteiger partial charge in [-0.2, -0.15) is 4.72 Å². The van der Waals surface area contributed by atoms with Gasteiger partial charge in [0.2, 0.25) is 10.0 Å². The summed E-state index contributed by atoms with van der Waals surface area (Å²) in [5, 5.41) is 2.66. The molecule has 0 spiro atoms. The van der Waals surface area contributed by atoms with Crippen molar-refractivity contribution < 1.29 is 32.3 Å². The minimum atomic E-state index is -3.98. The standard InChI is InChI=1S/C22H26N2O7S/c1-15(25)18-6-10-20(11-7-18)32(28,29)24-14-21(26)31-16(2)22(27)23-13-12-17-4-8-19(30-3)9-5-17/h4-11,16,24H,12-14H2,1-3H3,(H,23,27). The summed E-state index contributed by atoms with van der Waals surface area (Å²) in [4.78, 5) is 35.2. The summed E-state index contributed by atoms with van der Waals surface area (Å²) in [7, 11) is -2.40. The van der Waals surface area contributed by atoms with Gasteiger partial charge in [-0.1, -0.05) is 24.3 Å². The highest BCUT2D eigenvalue weighted by Gasteiger charge is 2.20. The molecular formula is C22H26N2O7S. The molecule has 0 heterocycles. The molecule has 1 unspecified atom stereocenters. The highest BCUT2D eigenvalue weighted by atomic mass is 32.2. The second kappa shape index (κ2) is 11.4. The van der Waals surface area contributed by atoms with Gasteiger partial charge in [-0.05, 0) is 50.1 Å². The zero-order valence-electron chi connectivity index (χ0n) is 18.1. The summed E-state index contributed by atoms with van der Waals surface area (Å²) in [6.07, 6.45) is -0.503. The topological polar surface area (TPSA) is 128 Å². The van der Waals surface area contributed by atoms with Crippen LogP contribution >= 0.6 is 0 Å². The van der Waals surface area contributed by atoms with Gasteiger partial charge in [0, 0.05) is 12.1 Å². The van der Waals surface area contributed by atoms with Crippen LogP contribution in [0.15, 0.2) is 53.4 Å². The Morgan fingerprint density at radius 2 is 1.62 bits per heavy atom. The number of sulfonamides is 1. The van der Waals surface area contributed by atoms with Crippen molar-refractivity contribution in [1.82, 2.24) is 10.0 Å². The average Bonchev–Trinajstić information content (AvgIpc) is 2.78. The molecule has 0 aliphatic heterocycles. The van der Waals surface area contributed by atoms with E-state index in [9.17, 15) is 22.8 Å². The first-order valence-corrected chi connectivity index (χ1v) is 11.3. The van der Waals surface area contributed by atoms with Crippen molar-refractivity contribution in [1.29, 1.82) is 0 Å². The predicted molar refractivity (Wildman–Crippen MR) is 117 cm³/mol. The van der Waals surface area contributed by atoms with E-state index in [1.807, 2.05) is 24.3 Å². The summed E-state index contributed by atoms with van der Waals surface area (Å²) < 4.78 is 36.7. The van der Waals surface area contributed by atoms with Gasteiger partial charge in [0.15, 0.2) is 11.9 Å². The Morgan fingerprint density at radius 3 is 2.19 bits per heavy atom. The van der Waals surface area contributed by atoms with E-state index >= 15 is 0 Å². The molecular weight excluding hydrogens is 436 g/mol. The van der Waals surface area contributed by atoms with Gasteiger partial charge < -0.3 is 14.8 Å². The van der Waals surface area contributed by atoms with Gasteiger partial charge in [0.25, 0.3) is 5.91 Å². The van der Waals surface area contributed by atoms with Crippen LogP contribution < -0.4 is 14.8 Å². The third-order valence-electron chi connectivity index (χ3n) is 4.53. The normalized spacial score (nSPS) is 12.0. The molecule has 2 aromatic carbocycles. The van der Waals surface area contributed by atoms with Crippen molar-refractivity contribution in [3.05, 3.63) is 59.7 Å². The maximum Gasteiger partial charge on any atom is 0.321 e. The maximum atomic E-state index is 12.3. The number of methoxy groups -OCH3 is 1. The molecule has 0 aliphatic rings. The van der Waals surface area contributed by atoms with E-state index in [0.29, 0.717) is 18.5 Å². The number of carbonyl (C=O) groups is 3. The number of rotatable bonds is 11. The predicted octanol–water partition coefficient (Wildman–Crippen LogP) is 1.47. The molecule has 0 saturated carbocycles. The summed E-state index contributed by atoms with van der Waals surface area (Å²) in [5.41, 5.74) is 1.37. The first-order chi connectivity index (χ1) is 15.1. The Kier molecular flexibility index (Phi) is 8.91. The van der Waals surface area contributed by atoms with Crippen LogP contribution in [0.25, 0.3) is 0 Å². The van der Waals surface area contributed by atoms with Crippen molar-refractivity contribution in [3.63, 3.8) is 0 Å². The summed E-state index contributed by atoms with van der Waals surface area (Å²) >= 11 is 0. The second-order valence-electron chi connectivity index (χ2n) is 6.93. The van der Waals surface area contributed by atoms with Gasteiger partial charge in [0.05, 0.1) is 12.0 Å². The molecule has 172 valence electrons. The number of carbonyl (C=O) groups excluding carboxylic acids is 3. The minimum absolute atomic E-state index is 0.0976. The van der Waals surface area contributed by atoms with E-state index in [0.717, 1.165) is 11.3 Å².